The molecule has 60 valence electrons. The molecular weight excluding hydrogens is 179 g/mol. The Morgan fingerprint density at radius 1 is 1.67 bits per heavy atom. The van der Waals surface area contributed by atoms with E-state index < -0.39 is 5.82 Å². The molecule has 1 aromatic rings. The Hall–Kier alpha value is -1.40. The van der Waals surface area contributed by atoms with E-state index in [-0.39, 0.29) is 10.7 Å². The van der Waals surface area contributed by atoms with Gasteiger partial charge in [0, 0.05) is 11.6 Å². The van der Waals surface area contributed by atoms with Gasteiger partial charge in [0.05, 0.1) is 12.3 Å². The van der Waals surface area contributed by atoms with Gasteiger partial charge in [0.25, 0.3) is 0 Å². The summed E-state index contributed by atoms with van der Waals surface area (Å²) in [5, 5.41) is 8.38. The van der Waals surface area contributed by atoms with Crippen LogP contribution >= 0.6 is 11.6 Å². The number of hydrogen-bond acceptors (Lipinski definition) is 2. The van der Waals surface area contributed by atoms with E-state index in [0.29, 0.717) is 0 Å². The number of halogens is 2. The third kappa shape index (κ3) is 2.04. The van der Waals surface area contributed by atoms with Crippen molar-refractivity contribution in [2.75, 3.05) is 0 Å². The molecule has 0 bridgehead atoms. The molecule has 0 atom stereocenters. The fourth-order valence-electron chi connectivity index (χ4n) is 0.682. The molecule has 1 rings (SSSR count). The fourth-order valence-corrected chi connectivity index (χ4v) is 0.849. The molecular formula is C8H4ClFN2. The molecule has 0 aliphatic rings. The van der Waals surface area contributed by atoms with Gasteiger partial charge in [-0.3, -0.25) is 0 Å². The molecule has 12 heavy (non-hydrogen) atoms. The van der Waals surface area contributed by atoms with E-state index in [1.165, 1.54) is 18.2 Å². The van der Waals surface area contributed by atoms with E-state index in [2.05, 4.69) is 4.98 Å². The fraction of sp³-hybridized carbons (Fsp3) is 0. The molecule has 0 fully saturated rings. The highest BCUT2D eigenvalue weighted by atomic mass is 35.5. The lowest BCUT2D eigenvalue weighted by Gasteiger charge is -1.94. The molecule has 4 heteroatoms. The highest BCUT2D eigenvalue weighted by Crippen LogP contribution is 2.12. The Morgan fingerprint density at radius 3 is 3.08 bits per heavy atom. The summed E-state index contributed by atoms with van der Waals surface area (Å²) in [6.45, 7) is 0. The van der Waals surface area contributed by atoms with Gasteiger partial charge in [-0.25, -0.2) is 9.37 Å². The lowest BCUT2D eigenvalue weighted by Crippen LogP contribution is -1.84. The predicted molar refractivity (Wildman–Crippen MR) is 43.9 cm³/mol. The van der Waals surface area contributed by atoms with Crippen LogP contribution in [-0.2, 0) is 0 Å². The van der Waals surface area contributed by atoms with Crippen molar-refractivity contribution in [3.8, 4) is 6.07 Å². The third-order valence-electron chi connectivity index (χ3n) is 1.19. The molecule has 0 saturated heterocycles. The third-order valence-corrected chi connectivity index (χ3v) is 1.40. The zero-order chi connectivity index (χ0) is 8.97. The van der Waals surface area contributed by atoms with Crippen molar-refractivity contribution in [1.82, 2.24) is 4.98 Å². The molecule has 0 aliphatic carbocycles. The van der Waals surface area contributed by atoms with Gasteiger partial charge in [-0.15, -0.1) is 0 Å². The predicted octanol–water partition coefficient (Wildman–Crippen LogP) is 2.41. The zero-order valence-corrected chi connectivity index (χ0v) is 6.72. The van der Waals surface area contributed by atoms with Gasteiger partial charge in [-0.05, 0) is 12.1 Å². The van der Waals surface area contributed by atoms with Gasteiger partial charge >= 0.3 is 0 Å². The smallest absolute Gasteiger partial charge is 0.148 e. The summed E-state index contributed by atoms with van der Waals surface area (Å²) < 4.78 is 12.8. The molecule has 0 amide bonds. The zero-order valence-electron chi connectivity index (χ0n) is 5.96. The molecule has 1 heterocycles. The van der Waals surface area contributed by atoms with Crippen LogP contribution in [0.3, 0.4) is 0 Å². The van der Waals surface area contributed by atoms with Crippen LogP contribution in [0.4, 0.5) is 4.39 Å². The summed E-state index contributed by atoms with van der Waals surface area (Å²) in [6.07, 6.45) is 3.52. The molecule has 0 radical (unpaired) electrons. The molecule has 0 N–H and O–H groups in total. The quantitative estimate of drug-likeness (QED) is 0.494. The van der Waals surface area contributed by atoms with E-state index >= 15 is 0 Å². The second-order valence-electron chi connectivity index (χ2n) is 1.99. The number of hydrogen-bond donors (Lipinski definition) is 0. The highest BCUT2D eigenvalue weighted by molar-refractivity contribution is 6.29. The molecule has 0 saturated carbocycles. The average molecular weight is 183 g/mol. The summed E-state index contributed by atoms with van der Waals surface area (Å²) in [6, 6.07) is 3.10. The van der Waals surface area contributed by atoms with Gasteiger partial charge in [0.15, 0.2) is 0 Å². The van der Waals surface area contributed by atoms with Gasteiger partial charge in [0.1, 0.15) is 11.0 Å². The minimum Gasteiger partial charge on any atom is -0.241 e. The van der Waals surface area contributed by atoms with Crippen LogP contribution in [0.1, 0.15) is 5.56 Å². The van der Waals surface area contributed by atoms with Gasteiger partial charge < -0.3 is 0 Å². The summed E-state index contributed by atoms with van der Waals surface area (Å²) >= 11 is 5.50. The Labute approximate surface area is 73.9 Å². The number of pyridine rings is 1. The van der Waals surface area contributed by atoms with E-state index in [1.54, 1.807) is 6.07 Å². The number of aromatic nitrogens is 1. The van der Waals surface area contributed by atoms with E-state index in [9.17, 15) is 4.39 Å². The van der Waals surface area contributed by atoms with Gasteiger partial charge in [0.2, 0.25) is 0 Å². The molecule has 0 aliphatic heterocycles. The topological polar surface area (TPSA) is 36.7 Å². The van der Waals surface area contributed by atoms with Crippen molar-refractivity contribution in [3.63, 3.8) is 0 Å². The number of rotatable bonds is 1. The van der Waals surface area contributed by atoms with Crippen molar-refractivity contribution in [2.24, 2.45) is 0 Å². The van der Waals surface area contributed by atoms with Crippen LogP contribution in [0.25, 0.3) is 6.08 Å². The number of nitriles is 1. The first-order valence-electron chi connectivity index (χ1n) is 3.11. The second-order valence-corrected chi connectivity index (χ2v) is 2.38. The second kappa shape index (κ2) is 3.84. The van der Waals surface area contributed by atoms with E-state index in [0.717, 1.165) is 6.20 Å². The van der Waals surface area contributed by atoms with Crippen LogP contribution in [0, 0.1) is 17.1 Å². The minimum atomic E-state index is -0.495. The van der Waals surface area contributed by atoms with Gasteiger partial charge in [-0.1, -0.05) is 11.6 Å². The van der Waals surface area contributed by atoms with Crippen LogP contribution in [0.5, 0.6) is 0 Å². The summed E-state index contributed by atoms with van der Waals surface area (Å²) in [7, 11) is 0. The Kier molecular flexibility index (Phi) is 2.78. The Morgan fingerprint density at radius 2 is 2.42 bits per heavy atom. The normalized spacial score (nSPS) is 10.1. The van der Waals surface area contributed by atoms with Crippen molar-refractivity contribution >= 4 is 17.7 Å². The van der Waals surface area contributed by atoms with Crippen LogP contribution in [0.2, 0.25) is 5.15 Å². The van der Waals surface area contributed by atoms with Crippen molar-refractivity contribution in [2.45, 2.75) is 0 Å². The summed E-state index contributed by atoms with van der Waals surface area (Å²) in [4.78, 5) is 3.52. The standard InChI is InChI=1S/C8H4ClFN2/c9-8-4-6(2-1-3-11)7(10)5-12-8/h1-2,4-5H. The molecule has 2 nitrogen and oxygen atoms in total. The Bertz CT molecular complexity index is 355. The molecule has 0 spiro atoms. The lowest BCUT2D eigenvalue weighted by atomic mass is 10.2. The van der Waals surface area contributed by atoms with Gasteiger partial charge in [-0.2, -0.15) is 5.26 Å². The highest BCUT2D eigenvalue weighted by Gasteiger charge is 1.99. The number of allylic oxidation sites excluding steroid dienone is 1. The van der Waals surface area contributed by atoms with Crippen molar-refractivity contribution < 1.29 is 4.39 Å². The largest absolute Gasteiger partial charge is 0.241 e. The van der Waals surface area contributed by atoms with Crippen LogP contribution < -0.4 is 0 Å². The van der Waals surface area contributed by atoms with E-state index in [4.69, 9.17) is 16.9 Å². The minimum absolute atomic E-state index is 0.203. The maximum absolute atomic E-state index is 12.8. The molecule has 0 unspecified atom stereocenters. The first-order chi connectivity index (χ1) is 5.74. The van der Waals surface area contributed by atoms with Crippen LogP contribution in [0.15, 0.2) is 18.3 Å². The van der Waals surface area contributed by atoms with Crippen molar-refractivity contribution in [1.29, 1.82) is 5.26 Å². The van der Waals surface area contributed by atoms with E-state index in [1.807, 2.05) is 0 Å². The monoisotopic (exact) mass is 182 g/mol. The first kappa shape index (κ1) is 8.69. The lowest BCUT2D eigenvalue weighted by molar-refractivity contribution is 0.618. The maximum atomic E-state index is 12.8. The SMILES string of the molecule is N#CC=Cc1cc(Cl)ncc1F. The van der Waals surface area contributed by atoms with Crippen molar-refractivity contribution in [3.05, 3.63) is 34.9 Å². The summed E-state index contributed by atoms with van der Waals surface area (Å²) in [5.41, 5.74) is 0.261. The van der Waals surface area contributed by atoms with Crippen LogP contribution in [-0.4, -0.2) is 4.98 Å². The first-order valence-corrected chi connectivity index (χ1v) is 3.49. The molecule has 0 aromatic carbocycles. The maximum Gasteiger partial charge on any atom is 0.148 e. The Balaban J connectivity index is 3.07. The number of nitrogens with zero attached hydrogens (tertiary/aromatic N) is 2. The summed E-state index contributed by atoms with van der Waals surface area (Å²) in [5.74, 6) is -0.495. The molecule has 1 aromatic heterocycles. The average Bonchev–Trinajstić information content (AvgIpc) is 2.07.